The second-order valence-corrected chi connectivity index (χ2v) is 4.38. The number of para-hydroxylation sites is 1. The maximum atomic E-state index is 5.17. The van der Waals surface area contributed by atoms with Gasteiger partial charge in [-0.1, -0.05) is 18.2 Å². The third-order valence-electron chi connectivity index (χ3n) is 3.22. The van der Waals surface area contributed by atoms with Crippen LogP contribution in [-0.4, -0.2) is 30.2 Å². The fourth-order valence-corrected chi connectivity index (χ4v) is 2.29. The molecule has 2 aromatic rings. The van der Waals surface area contributed by atoms with Crippen LogP contribution in [0.25, 0.3) is 0 Å². The topological polar surface area (TPSA) is 50.3 Å². The van der Waals surface area contributed by atoms with Gasteiger partial charge >= 0.3 is 0 Å². The van der Waals surface area contributed by atoms with E-state index in [1.54, 1.807) is 7.11 Å². The minimum atomic E-state index is 0.583. The van der Waals surface area contributed by atoms with Crippen LogP contribution >= 0.6 is 0 Å². The summed E-state index contributed by atoms with van der Waals surface area (Å²) in [4.78, 5) is 10.6. The van der Waals surface area contributed by atoms with E-state index >= 15 is 0 Å². The average Bonchev–Trinajstić information content (AvgIpc) is 2.69. The first-order valence-electron chi connectivity index (χ1n) is 6.30. The van der Waals surface area contributed by atoms with Gasteiger partial charge in [0.15, 0.2) is 0 Å². The Balaban J connectivity index is 2.03. The summed E-state index contributed by atoms with van der Waals surface area (Å²) in [5.74, 6) is 1.45. The van der Waals surface area contributed by atoms with E-state index in [1.165, 1.54) is 17.6 Å². The first kappa shape index (κ1) is 11.9. The van der Waals surface area contributed by atoms with Crippen molar-refractivity contribution >= 4 is 11.5 Å². The fourth-order valence-electron chi connectivity index (χ4n) is 2.29. The number of nitrogens with zero attached hydrogens (tertiary/aromatic N) is 3. The van der Waals surface area contributed by atoms with E-state index in [-0.39, 0.29) is 0 Å². The van der Waals surface area contributed by atoms with Crippen molar-refractivity contribution in [1.29, 1.82) is 0 Å². The summed E-state index contributed by atoms with van der Waals surface area (Å²) < 4.78 is 5.17. The predicted molar refractivity (Wildman–Crippen MR) is 73.7 cm³/mol. The van der Waals surface area contributed by atoms with Crippen LogP contribution in [0.4, 0.5) is 11.5 Å². The molecule has 0 radical (unpaired) electrons. The predicted octanol–water partition coefficient (Wildman–Crippen LogP) is 1.73. The molecule has 98 valence electrons. The van der Waals surface area contributed by atoms with Crippen molar-refractivity contribution in [2.45, 2.75) is 6.54 Å². The van der Waals surface area contributed by atoms with Gasteiger partial charge in [0.05, 0.1) is 7.11 Å². The van der Waals surface area contributed by atoms with Gasteiger partial charge in [-0.15, -0.1) is 0 Å². The lowest BCUT2D eigenvalue weighted by Crippen LogP contribution is -2.25. The van der Waals surface area contributed by atoms with E-state index < -0.39 is 0 Å². The van der Waals surface area contributed by atoms with Gasteiger partial charge in [-0.3, -0.25) is 0 Å². The maximum Gasteiger partial charge on any atom is 0.218 e. The molecule has 1 aromatic heterocycles. The van der Waals surface area contributed by atoms with Gasteiger partial charge in [0.25, 0.3) is 0 Å². The third kappa shape index (κ3) is 2.37. The molecular formula is C14H16N4O. The van der Waals surface area contributed by atoms with E-state index in [2.05, 4.69) is 44.5 Å². The number of hydrogen-bond acceptors (Lipinski definition) is 5. The molecule has 1 N–H and O–H groups in total. The molecular weight excluding hydrogens is 240 g/mol. The Hall–Kier alpha value is -2.14. The molecule has 0 bridgehead atoms. The zero-order chi connectivity index (χ0) is 13.1. The minimum Gasteiger partial charge on any atom is -0.481 e. The molecule has 5 nitrogen and oxygen atoms in total. The highest BCUT2D eigenvalue weighted by Gasteiger charge is 2.17. The van der Waals surface area contributed by atoms with E-state index in [0.29, 0.717) is 5.88 Å². The minimum absolute atomic E-state index is 0.583. The van der Waals surface area contributed by atoms with Crippen molar-refractivity contribution in [2.75, 3.05) is 25.1 Å². The molecule has 0 spiro atoms. The Bertz CT molecular complexity index is 573. The number of ether oxygens (including phenoxy) is 1. The molecule has 1 aliphatic heterocycles. The van der Waals surface area contributed by atoms with Crippen LogP contribution in [-0.2, 0) is 6.54 Å². The molecule has 0 aliphatic carbocycles. The molecule has 0 atom stereocenters. The summed E-state index contributed by atoms with van der Waals surface area (Å²) in [6, 6.07) is 10.2. The van der Waals surface area contributed by atoms with Gasteiger partial charge in [0.2, 0.25) is 5.88 Å². The monoisotopic (exact) mass is 256 g/mol. The molecule has 0 amide bonds. The van der Waals surface area contributed by atoms with Crippen molar-refractivity contribution in [2.24, 2.45) is 0 Å². The van der Waals surface area contributed by atoms with Crippen molar-refractivity contribution in [1.82, 2.24) is 15.3 Å². The second-order valence-electron chi connectivity index (χ2n) is 4.38. The van der Waals surface area contributed by atoms with Crippen LogP contribution in [0.15, 0.2) is 36.7 Å². The van der Waals surface area contributed by atoms with Crippen LogP contribution in [0.5, 0.6) is 5.88 Å². The Kier molecular flexibility index (Phi) is 3.29. The molecule has 0 saturated heterocycles. The molecule has 0 saturated carbocycles. The molecule has 2 heterocycles. The molecule has 5 heteroatoms. The van der Waals surface area contributed by atoms with Crippen molar-refractivity contribution < 1.29 is 4.74 Å². The second kappa shape index (κ2) is 5.24. The summed E-state index contributed by atoms with van der Waals surface area (Å²) in [5.41, 5.74) is 2.46. The molecule has 0 unspecified atom stereocenters. The van der Waals surface area contributed by atoms with Crippen molar-refractivity contribution in [3.63, 3.8) is 0 Å². The van der Waals surface area contributed by atoms with Gasteiger partial charge in [-0.05, 0) is 11.6 Å². The fraction of sp³-hybridized carbons (Fsp3) is 0.286. The highest BCUT2D eigenvalue weighted by atomic mass is 16.5. The summed E-state index contributed by atoms with van der Waals surface area (Å²) >= 11 is 0. The Morgan fingerprint density at radius 2 is 2.16 bits per heavy atom. The maximum absolute atomic E-state index is 5.17. The standard InChI is InChI=1S/C14H16N4O/c1-19-14-8-13(16-10-17-14)18-7-6-15-9-11-4-2-3-5-12(11)18/h2-5,8,10,15H,6-7,9H2,1H3. The first-order valence-corrected chi connectivity index (χ1v) is 6.30. The van der Waals surface area contributed by atoms with Crippen LogP contribution in [0.1, 0.15) is 5.56 Å². The van der Waals surface area contributed by atoms with Crippen LogP contribution in [0, 0.1) is 0 Å². The number of hydrogen-bond donors (Lipinski definition) is 1. The number of methoxy groups -OCH3 is 1. The van der Waals surface area contributed by atoms with Crippen LogP contribution in [0.2, 0.25) is 0 Å². The lowest BCUT2D eigenvalue weighted by molar-refractivity contribution is 0.397. The summed E-state index contributed by atoms with van der Waals surface area (Å²) in [7, 11) is 1.62. The first-order chi connectivity index (χ1) is 9.38. The van der Waals surface area contributed by atoms with E-state index in [9.17, 15) is 0 Å². The van der Waals surface area contributed by atoms with Crippen LogP contribution < -0.4 is 15.0 Å². The van der Waals surface area contributed by atoms with Crippen molar-refractivity contribution in [3.05, 3.63) is 42.2 Å². The Morgan fingerprint density at radius 1 is 1.26 bits per heavy atom. The Labute approximate surface area is 112 Å². The van der Waals surface area contributed by atoms with Gasteiger partial charge in [0.1, 0.15) is 12.1 Å². The summed E-state index contributed by atoms with van der Waals surface area (Å²) in [6.07, 6.45) is 1.54. The highest BCUT2D eigenvalue weighted by Crippen LogP contribution is 2.29. The number of fused-ring (bicyclic) bond motifs is 1. The van der Waals surface area contributed by atoms with Gasteiger partial charge < -0.3 is 15.0 Å². The SMILES string of the molecule is COc1cc(N2CCNCc3ccccc32)ncn1. The molecule has 1 aliphatic rings. The number of rotatable bonds is 2. The Morgan fingerprint density at radius 3 is 3.05 bits per heavy atom. The lowest BCUT2D eigenvalue weighted by Gasteiger charge is -2.23. The molecule has 1 aromatic carbocycles. The van der Waals surface area contributed by atoms with Gasteiger partial charge in [-0.25, -0.2) is 9.97 Å². The van der Waals surface area contributed by atoms with E-state index in [0.717, 1.165) is 25.5 Å². The van der Waals surface area contributed by atoms with Crippen molar-refractivity contribution in [3.8, 4) is 5.88 Å². The van der Waals surface area contributed by atoms with E-state index in [4.69, 9.17) is 4.74 Å². The summed E-state index contributed by atoms with van der Waals surface area (Å²) in [6.45, 7) is 2.67. The third-order valence-corrected chi connectivity index (χ3v) is 3.22. The van der Waals surface area contributed by atoms with Gasteiger partial charge in [-0.2, -0.15) is 0 Å². The zero-order valence-electron chi connectivity index (χ0n) is 10.8. The number of anilines is 2. The number of benzene rings is 1. The van der Waals surface area contributed by atoms with Gasteiger partial charge in [0, 0.05) is 31.4 Å². The molecule has 19 heavy (non-hydrogen) atoms. The van der Waals surface area contributed by atoms with Crippen LogP contribution in [0.3, 0.4) is 0 Å². The average molecular weight is 256 g/mol. The zero-order valence-corrected chi connectivity index (χ0v) is 10.8. The lowest BCUT2D eigenvalue weighted by atomic mass is 10.1. The molecule has 3 rings (SSSR count). The quantitative estimate of drug-likeness (QED) is 0.886. The largest absolute Gasteiger partial charge is 0.481 e. The summed E-state index contributed by atoms with van der Waals surface area (Å²) in [5, 5.41) is 3.42. The normalized spacial score (nSPS) is 14.7. The number of aromatic nitrogens is 2. The van der Waals surface area contributed by atoms with E-state index in [1.807, 2.05) is 6.07 Å². The molecule has 0 fully saturated rings. The highest BCUT2D eigenvalue weighted by molar-refractivity contribution is 5.64. The smallest absolute Gasteiger partial charge is 0.218 e. The number of nitrogens with one attached hydrogen (secondary N) is 1.